The van der Waals surface area contributed by atoms with Crippen molar-refractivity contribution in [1.82, 2.24) is 15.0 Å². The Labute approximate surface area is 208 Å². The molecule has 0 spiro atoms. The maximum Gasteiger partial charge on any atom is 0.417 e. The molecule has 4 rings (SSSR count). The number of benzene rings is 2. The molecule has 2 aromatic carbocycles. The number of rotatable bonds is 5. The van der Waals surface area contributed by atoms with Gasteiger partial charge in [-0.05, 0) is 30.3 Å². The van der Waals surface area contributed by atoms with Gasteiger partial charge < -0.3 is 20.1 Å². The van der Waals surface area contributed by atoms with E-state index in [9.17, 15) is 41.7 Å². The molecule has 7 nitrogen and oxygen atoms in total. The second kappa shape index (κ2) is 10.2. The molecule has 1 aromatic heterocycles. The topological polar surface area (TPSA) is 101 Å². The van der Waals surface area contributed by atoms with E-state index in [4.69, 9.17) is 16.3 Å². The van der Waals surface area contributed by atoms with Gasteiger partial charge in [-0.2, -0.15) is 13.2 Å². The van der Waals surface area contributed by atoms with Gasteiger partial charge in [0.05, 0.1) is 23.4 Å². The molecule has 1 saturated heterocycles. The summed E-state index contributed by atoms with van der Waals surface area (Å²) in [5.41, 5.74) is -2.55. The van der Waals surface area contributed by atoms with Crippen LogP contribution in [0.1, 0.15) is 11.6 Å². The van der Waals surface area contributed by atoms with E-state index in [0.29, 0.717) is 12.1 Å². The van der Waals surface area contributed by atoms with Crippen molar-refractivity contribution < 1.29 is 46.4 Å². The number of alkyl halides is 3. The largest absolute Gasteiger partial charge is 0.417 e. The smallest absolute Gasteiger partial charge is 0.394 e. The molecule has 0 aliphatic carbocycles. The highest BCUT2D eigenvalue weighted by molar-refractivity contribution is 7.99. The zero-order valence-corrected chi connectivity index (χ0v) is 19.3. The monoisotopic (exact) mass is 555 g/mol. The first-order valence-electron chi connectivity index (χ1n) is 10.1. The van der Waals surface area contributed by atoms with E-state index in [1.54, 1.807) is 0 Å². The molecule has 0 bridgehead atoms. The number of aliphatic hydroxyl groups excluding tert-OH is 3. The van der Waals surface area contributed by atoms with Gasteiger partial charge in [-0.3, -0.25) is 0 Å². The Morgan fingerprint density at radius 2 is 1.72 bits per heavy atom. The summed E-state index contributed by atoms with van der Waals surface area (Å²) in [4.78, 5) is 0.195. The number of nitrogens with zero attached hydrogens (tertiary/aromatic N) is 3. The van der Waals surface area contributed by atoms with Crippen molar-refractivity contribution in [3.63, 3.8) is 0 Å². The first-order valence-corrected chi connectivity index (χ1v) is 11.4. The lowest BCUT2D eigenvalue weighted by atomic mass is 9.97. The Bertz CT molecular complexity index is 1240. The summed E-state index contributed by atoms with van der Waals surface area (Å²) in [5, 5.41) is 38.2. The summed E-state index contributed by atoms with van der Waals surface area (Å²) in [6, 6.07) is 2.99. The maximum absolute atomic E-state index is 13.6. The number of aliphatic hydroxyl groups is 3. The van der Waals surface area contributed by atoms with Crippen molar-refractivity contribution >= 4 is 23.4 Å². The van der Waals surface area contributed by atoms with Gasteiger partial charge >= 0.3 is 6.18 Å². The first kappa shape index (κ1) is 26.7. The van der Waals surface area contributed by atoms with Gasteiger partial charge in [0.1, 0.15) is 35.5 Å². The molecule has 15 heteroatoms. The zero-order chi connectivity index (χ0) is 26.4. The van der Waals surface area contributed by atoms with Crippen LogP contribution in [-0.2, 0) is 10.9 Å². The highest BCUT2D eigenvalue weighted by atomic mass is 35.5. The molecule has 0 amide bonds. The first-order chi connectivity index (χ1) is 16.9. The summed E-state index contributed by atoms with van der Waals surface area (Å²) in [7, 11) is 0. The van der Waals surface area contributed by atoms with E-state index in [-0.39, 0.29) is 16.2 Å². The molecule has 5 unspecified atom stereocenters. The third-order valence-electron chi connectivity index (χ3n) is 5.44. The van der Waals surface area contributed by atoms with E-state index in [1.165, 1.54) is 0 Å². The molecule has 2 heterocycles. The fraction of sp³-hybridized carbons (Fsp3) is 0.333. The Hall–Kier alpha value is -2.36. The van der Waals surface area contributed by atoms with E-state index in [0.717, 1.165) is 40.8 Å². The molecule has 1 fully saturated rings. The highest BCUT2D eigenvalue weighted by Gasteiger charge is 2.46. The number of hydrogen-bond donors (Lipinski definition) is 3. The molecule has 1 aliphatic rings. The van der Waals surface area contributed by atoms with Crippen molar-refractivity contribution in [2.75, 3.05) is 6.61 Å². The SMILES string of the molecule is OCC1OC(Sc2ccc(C(F)(F)F)c(Cl)c2)C(O)C(n2cc(-c3cc(F)c(F)c(F)c3)nn2)C1O. The molecule has 36 heavy (non-hydrogen) atoms. The van der Waals surface area contributed by atoms with Crippen molar-refractivity contribution in [1.29, 1.82) is 0 Å². The quantitative estimate of drug-likeness (QED) is 0.325. The second-order valence-corrected chi connectivity index (χ2v) is 9.37. The Kier molecular flexibility index (Phi) is 7.55. The van der Waals surface area contributed by atoms with Crippen LogP contribution in [-0.4, -0.2) is 60.7 Å². The molecule has 0 radical (unpaired) electrons. The minimum absolute atomic E-state index is 0.113. The highest BCUT2D eigenvalue weighted by Crippen LogP contribution is 2.41. The van der Waals surface area contributed by atoms with Crippen LogP contribution < -0.4 is 0 Å². The van der Waals surface area contributed by atoms with E-state index >= 15 is 0 Å². The van der Waals surface area contributed by atoms with Crippen LogP contribution in [0.4, 0.5) is 26.3 Å². The van der Waals surface area contributed by atoms with Crippen LogP contribution in [0, 0.1) is 17.5 Å². The Morgan fingerprint density at radius 1 is 1.06 bits per heavy atom. The summed E-state index contributed by atoms with van der Waals surface area (Å²) in [5.74, 6) is -4.59. The van der Waals surface area contributed by atoms with Crippen molar-refractivity contribution in [2.24, 2.45) is 0 Å². The van der Waals surface area contributed by atoms with Gasteiger partial charge in [-0.15, -0.1) is 5.10 Å². The summed E-state index contributed by atoms with van der Waals surface area (Å²) in [6.07, 6.45) is -7.85. The van der Waals surface area contributed by atoms with Crippen LogP contribution in [0.3, 0.4) is 0 Å². The number of ether oxygens (including phenoxy) is 1. The molecule has 0 saturated carbocycles. The van der Waals surface area contributed by atoms with Gasteiger partial charge in [0.25, 0.3) is 0 Å². The second-order valence-electron chi connectivity index (χ2n) is 7.79. The third-order valence-corrected chi connectivity index (χ3v) is 6.90. The predicted molar refractivity (Wildman–Crippen MR) is 114 cm³/mol. The molecular formula is C21H16ClF6N3O4S. The Balaban J connectivity index is 1.62. The Morgan fingerprint density at radius 3 is 2.31 bits per heavy atom. The van der Waals surface area contributed by atoms with Crippen molar-refractivity contribution in [3.05, 3.63) is 64.6 Å². The molecule has 5 atom stereocenters. The number of aromatic nitrogens is 3. The molecular weight excluding hydrogens is 540 g/mol. The van der Waals surface area contributed by atoms with Gasteiger partial charge in [0.2, 0.25) is 0 Å². The fourth-order valence-corrected chi connectivity index (χ4v) is 5.12. The standard InChI is InChI=1S/C21H16ClF6N3O4S/c22-11-5-9(1-2-10(11)21(26,27)28)36-20-19(34)17(18(33)15(7-32)35-20)31-6-14(29-30-31)8-3-12(23)16(25)13(24)4-8/h1-6,15,17-20,32-34H,7H2. The van der Waals surface area contributed by atoms with Crippen LogP contribution in [0.5, 0.6) is 0 Å². The van der Waals surface area contributed by atoms with Gasteiger partial charge in [-0.1, -0.05) is 28.6 Å². The van der Waals surface area contributed by atoms with Gasteiger partial charge in [0.15, 0.2) is 17.5 Å². The van der Waals surface area contributed by atoms with Crippen LogP contribution in [0.25, 0.3) is 11.3 Å². The lowest BCUT2D eigenvalue weighted by Crippen LogP contribution is -2.55. The van der Waals surface area contributed by atoms with Gasteiger partial charge in [-0.25, -0.2) is 17.9 Å². The van der Waals surface area contributed by atoms with Crippen molar-refractivity contribution in [3.8, 4) is 11.3 Å². The normalized spacial score (nSPS) is 24.8. The molecule has 3 aromatic rings. The van der Waals surface area contributed by atoms with Gasteiger partial charge in [0, 0.05) is 10.5 Å². The number of hydrogen-bond acceptors (Lipinski definition) is 7. The fourth-order valence-electron chi connectivity index (χ4n) is 3.67. The zero-order valence-electron chi connectivity index (χ0n) is 17.7. The van der Waals surface area contributed by atoms with E-state index in [2.05, 4.69) is 10.3 Å². The minimum Gasteiger partial charge on any atom is -0.394 e. The number of halogens is 7. The molecule has 3 N–H and O–H groups in total. The van der Waals surface area contributed by atoms with Crippen molar-refractivity contribution in [2.45, 2.75) is 40.9 Å². The summed E-state index contributed by atoms with van der Waals surface area (Å²) < 4.78 is 86.0. The van der Waals surface area contributed by atoms with E-state index < -0.39 is 70.6 Å². The van der Waals surface area contributed by atoms with Crippen LogP contribution in [0.2, 0.25) is 5.02 Å². The molecule has 1 aliphatic heterocycles. The lowest BCUT2D eigenvalue weighted by Gasteiger charge is -2.41. The average Bonchev–Trinajstić information content (AvgIpc) is 3.28. The minimum atomic E-state index is -4.67. The summed E-state index contributed by atoms with van der Waals surface area (Å²) in [6.45, 7) is -0.689. The third kappa shape index (κ3) is 5.19. The average molecular weight is 556 g/mol. The lowest BCUT2D eigenvalue weighted by molar-refractivity contribution is -0.178. The van der Waals surface area contributed by atoms with Crippen LogP contribution >= 0.6 is 23.4 Å². The predicted octanol–water partition coefficient (Wildman–Crippen LogP) is 3.81. The number of thioether (sulfide) groups is 1. The maximum atomic E-state index is 13.6. The molecule has 194 valence electrons. The van der Waals surface area contributed by atoms with E-state index in [1.807, 2.05) is 0 Å². The van der Waals surface area contributed by atoms with Crippen LogP contribution in [0.15, 0.2) is 41.4 Å². The summed E-state index contributed by atoms with van der Waals surface area (Å²) >= 11 is 6.53.